The van der Waals surface area contributed by atoms with E-state index in [9.17, 15) is 0 Å². The second kappa shape index (κ2) is 13.3. The number of allylic oxidation sites excluding steroid dienone is 6. The van der Waals surface area contributed by atoms with Crippen LogP contribution in [0.5, 0.6) is 0 Å². The van der Waals surface area contributed by atoms with Crippen LogP contribution in [-0.2, 0) is 0 Å². The SMILES string of the molecule is CC1CCC(CCCC(C=N)C2CC[C@H]3CC(C4CC=C5C6CC=C(C7=NC8CC78)CC6N(C6=CCCCC6)C5C4)C=CC3C2)CC1C. The lowest BCUT2D eigenvalue weighted by molar-refractivity contribution is 0.129. The highest BCUT2D eigenvalue weighted by molar-refractivity contribution is 6.08. The Balaban J connectivity index is 0.831. The summed E-state index contributed by atoms with van der Waals surface area (Å²) in [6, 6.07) is 2.01. The first-order valence-corrected chi connectivity index (χ1v) is 21.2. The highest BCUT2D eigenvalue weighted by atomic mass is 15.2. The molecule has 9 rings (SSSR count). The quantitative estimate of drug-likeness (QED) is 0.196. The van der Waals surface area contributed by atoms with E-state index < -0.39 is 0 Å². The predicted molar refractivity (Wildman–Crippen MR) is 200 cm³/mol. The zero-order valence-corrected chi connectivity index (χ0v) is 30.4. The fourth-order valence-electron chi connectivity index (χ4n) is 12.8. The van der Waals surface area contributed by atoms with E-state index in [1.54, 1.807) is 11.3 Å². The van der Waals surface area contributed by atoms with Gasteiger partial charge in [0.05, 0.1) is 12.1 Å². The molecule has 7 aliphatic carbocycles. The van der Waals surface area contributed by atoms with Crippen LogP contribution in [0.1, 0.15) is 136 Å². The van der Waals surface area contributed by atoms with E-state index in [1.165, 1.54) is 128 Å². The molecule has 9 aliphatic rings. The molecular formula is C45H65N3. The van der Waals surface area contributed by atoms with Crippen molar-refractivity contribution in [2.75, 3.05) is 0 Å². The van der Waals surface area contributed by atoms with Crippen LogP contribution in [0.4, 0.5) is 0 Å². The normalized spacial score (nSPS) is 45.2. The van der Waals surface area contributed by atoms with Gasteiger partial charge in [-0.15, -0.1) is 0 Å². The number of rotatable bonds is 9. The summed E-state index contributed by atoms with van der Waals surface area (Å²) in [5, 5.41) is 8.37. The van der Waals surface area contributed by atoms with Gasteiger partial charge in [0.1, 0.15) is 0 Å². The van der Waals surface area contributed by atoms with Gasteiger partial charge in [-0.1, -0.05) is 69.9 Å². The van der Waals surface area contributed by atoms with Gasteiger partial charge in [-0.3, -0.25) is 4.99 Å². The summed E-state index contributed by atoms with van der Waals surface area (Å²) in [7, 11) is 0. The molecule has 260 valence electrons. The second-order valence-electron chi connectivity index (χ2n) is 18.7. The van der Waals surface area contributed by atoms with Gasteiger partial charge in [0.15, 0.2) is 0 Å². The van der Waals surface area contributed by atoms with Gasteiger partial charge in [-0.25, -0.2) is 0 Å². The summed E-state index contributed by atoms with van der Waals surface area (Å²) in [5.41, 5.74) is 6.65. The minimum Gasteiger partial charge on any atom is -0.364 e. The first-order chi connectivity index (χ1) is 23.5. The molecule has 14 atom stereocenters. The minimum atomic E-state index is 0.516. The monoisotopic (exact) mass is 648 g/mol. The molecule has 0 aromatic carbocycles. The summed E-state index contributed by atoms with van der Waals surface area (Å²) in [4.78, 5) is 8.02. The topological polar surface area (TPSA) is 39.5 Å². The molecular weight excluding hydrogens is 583 g/mol. The molecule has 48 heavy (non-hydrogen) atoms. The number of nitrogens with zero attached hydrogens (tertiary/aromatic N) is 2. The summed E-state index contributed by atoms with van der Waals surface area (Å²) in [6.45, 7) is 4.93. The third-order valence-corrected chi connectivity index (χ3v) is 16.1. The van der Waals surface area contributed by atoms with Crippen molar-refractivity contribution < 1.29 is 0 Å². The van der Waals surface area contributed by atoms with Crippen LogP contribution in [-0.4, -0.2) is 35.0 Å². The molecule has 0 aromatic rings. The molecule has 0 bridgehead atoms. The van der Waals surface area contributed by atoms with E-state index in [0.717, 1.165) is 59.2 Å². The number of nitrogens with one attached hydrogen (secondary N) is 1. The molecule has 0 aromatic heterocycles. The summed E-state index contributed by atoms with van der Waals surface area (Å²) < 4.78 is 0. The Morgan fingerprint density at radius 2 is 1.77 bits per heavy atom. The van der Waals surface area contributed by atoms with Crippen molar-refractivity contribution in [3.8, 4) is 0 Å². The van der Waals surface area contributed by atoms with E-state index in [1.807, 2.05) is 11.8 Å². The molecule has 1 N–H and O–H groups in total. The molecule has 3 heteroatoms. The fraction of sp³-hybridized carbons (Fsp3) is 0.778. The number of likely N-dealkylation sites (tertiary alicyclic amines) is 1. The molecule has 0 spiro atoms. The molecule has 2 aliphatic heterocycles. The lowest BCUT2D eigenvalue weighted by atomic mass is 9.62. The maximum Gasteiger partial charge on any atom is 0.0594 e. The average molecular weight is 648 g/mol. The van der Waals surface area contributed by atoms with Crippen LogP contribution in [0.3, 0.4) is 0 Å². The lowest BCUT2D eigenvalue weighted by Crippen LogP contribution is -2.41. The molecule has 13 unspecified atom stereocenters. The first-order valence-electron chi connectivity index (χ1n) is 21.2. The molecule has 3 saturated carbocycles. The number of hydrogen-bond acceptors (Lipinski definition) is 3. The molecule has 0 radical (unpaired) electrons. The van der Waals surface area contributed by atoms with Crippen LogP contribution in [0.15, 0.2) is 52.2 Å². The molecule has 3 nitrogen and oxygen atoms in total. The fourth-order valence-corrected chi connectivity index (χ4v) is 12.8. The van der Waals surface area contributed by atoms with Crippen molar-refractivity contribution in [2.24, 2.45) is 70.1 Å². The largest absolute Gasteiger partial charge is 0.364 e. The predicted octanol–water partition coefficient (Wildman–Crippen LogP) is 11.1. The highest BCUT2D eigenvalue weighted by Gasteiger charge is 2.54. The molecule has 1 saturated heterocycles. The summed E-state index contributed by atoms with van der Waals surface area (Å²) >= 11 is 0. The van der Waals surface area contributed by atoms with Gasteiger partial charge >= 0.3 is 0 Å². The Morgan fingerprint density at radius 1 is 0.875 bits per heavy atom. The van der Waals surface area contributed by atoms with Crippen LogP contribution in [0, 0.1) is 70.5 Å². The van der Waals surface area contributed by atoms with Gasteiger partial charge in [-0.05, 0) is 167 Å². The van der Waals surface area contributed by atoms with Gasteiger partial charge in [-0.2, -0.15) is 0 Å². The van der Waals surface area contributed by atoms with Crippen molar-refractivity contribution in [3.05, 3.63) is 47.2 Å². The summed E-state index contributed by atoms with van der Waals surface area (Å²) in [6.07, 6.45) is 41.0. The standard InChI is InChI=1S/C45H65N3/c1-28-11-12-30(21-29(28)2)7-6-8-37(27-46)34-16-15-31-22-33(14-13-32(31)23-34)35-17-19-39-40-20-18-36(45-41-26-42(41)47-45)25-44(40)48(43(39)24-35)38-9-4-3-5-10-38/h9,13-14,18-19,27-35,37,40-44,46H,3-8,10-12,15-17,20-26H2,1-2H3/t28?,29?,30?,31-,32?,33?,34?,35?,37?,40?,41?,42?,43?,44?/m0/s1. The third-order valence-electron chi connectivity index (χ3n) is 16.1. The Kier molecular flexibility index (Phi) is 8.90. The molecule has 0 amide bonds. The maximum atomic E-state index is 8.37. The van der Waals surface area contributed by atoms with Crippen molar-refractivity contribution in [3.63, 3.8) is 0 Å². The van der Waals surface area contributed by atoms with Crippen molar-refractivity contribution >= 4 is 11.9 Å². The zero-order valence-electron chi connectivity index (χ0n) is 30.4. The second-order valence-corrected chi connectivity index (χ2v) is 18.7. The molecule has 2 heterocycles. The van der Waals surface area contributed by atoms with E-state index in [2.05, 4.69) is 49.1 Å². The van der Waals surface area contributed by atoms with Crippen LogP contribution in [0.25, 0.3) is 0 Å². The van der Waals surface area contributed by atoms with E-state index in [0.29, 0.717) is 24.0 Å². The van der Waals surface area contributed by atoms with E-state index >= 15 is 0 Å². The average Bonchev–Trinajstić information content (AvgIpc) is 3.64. The van der Waals surface area contributed by atoms with E-state index in [-0.39, 0.29) is 0 Å². The van der Waals surface area contributed by atoms with Crippen molar-refractivity contribution in [1.82, 2.24) is 4.90 Å². The first kappa shape index (κ1) is 32.0. The third kappa shape index (κ3) is 5.97. The Hall–Kier alpha value is -1.90. The van der Waals surface area contributed by atoms with Crippen LogP contribution in [0.2, 0.25) is 0 Å². The maximum absolute atomic E-state index is 8.37. The summed E-state index contributed by atoms with van der Waals surface area (Å²) in [5.74, 6) is 8.80. The Morgan fingerprint density at radius 3 is 2.54 bits per heavy atom. The van der Waals surface area contributed by atoms with Gasteiger partial charge in [0, 0.05) is 29.3 Å². The zero-order chi connectivity index (χ0) is 32.4. The highest BCUT2D eigenvalue weighted by Crippen LogP contribution is 2.55. The van der Waals surface area contributed by atoms with Crippen molar-refractivity contribution in [1.29, 1.82) is 5.41 Å². The number of aliphatic imine (C=N–C) groups is 1. The Labute approximate surface area is 292 Å². The van der Waals surface area contributed by atoms with Gasteiger partial charge in [0.25, 0.3) is 0 Å². The van der Waals surface area contributed by atoms with Crippen LogP contribution < -0.4 is 0 Å². The lowest BCUT2D eigenvalue weighted by Gasteiger charge is -2.44. The number of hydrogen-bond donors (Lipinski definition) is 1. The van der Waals surface area contributed by atoms with Gasteiger partial charge < -0.3 is 10.3 Å². The van der Waals surface area contributed by atoms with E-state index in [4.69, 9.17) is 10.4 Å². The smallest absolute Gasteiger partial charge is 0.0594 e. The molecule has 4 fully saturated rings. The minimum absolute atomic E-state index is 0.516. The van der Waals surface area contributed by atoms with Gasteiger partial charge in [0.2, 0.25) is 0 Å². The van der Waals surface area contributed by atoms with Crippen LogP contribution >= 0.6 is 0 Å². The number of fused-ring (bicyclic) bond motifs is 5. The van der Waals surface area contributed by atoms with Crippen molar-refractivity contribution in [2.45, 2.75) is 154 Å². The Bertz CT molecular complexity index is 1380.